The predicted molar refractivity (Wildman–Crippen MR) is 20.2 cm³/mol. The first-order valence-corrected chi connectivity index (χ1v) is 0. The molecule has 0 saturated carbocycles. The number of hydrogen-bond donors (Lipinski definition) is 0. The third-order valence-corrected chi connectivity index (χ3v) is 0. The number of hydrogen-bond acceptors (Lipinski definition) is 0. The van der Waals surface area contributed by atoms with Crippen LogP contribution in [-0.4, -0.2) is 40.5 Å². The van der Waals surface area contributed by atoms with Gasteiger partial charge in [0.25, 0.3) is 0 Å². The van der Waals surface area contributed by atoms with E-state index >= 15 is 0 Å². The minimum Gasteiger partial charge on any atom is -0.412 e. The van der Waals surface area contributed by atoms with Crippen molar-refractivity contribution < 1.29 is 11.0 Å². The van der Waals surface area contributed by atoms with Crippen LogP contribution in [0.2, 0.25) is 0 Å². The van der Waals surface area contributed by atoms with Crippen LogP contribution in [0.1, 0.15) is 0 Å². The zero-order chi connectivity index (χ0) is 0. The first kappa shape index (κ1) is 63.1. The molecule has 0 heterocycles. The summed E-state index contributed by atoms with van der Waals surface area (Å²) < 4.78 is 0. The van der Waals surface area contributed by atoms with Gasteiger partial charge in [-0.2, -0.15) is 0 Å². The molecule has 1 radical (unpaired) electrons. The van der Waals surface area contributed by atoms with E-state index in [1.165, 1.54) is 0 Å². The van der Waals surface area contributed by atoms with E-state index < -0.39 is 0 Å². The van der Waals surface area contributed by atoms with Crippen molar-refractivity contribution in [1.82, 2.24) is 0 Å². The maximum Gasteiger partial charge on any atom is 0 e. The minimum absolute atomic E-state index is 0. The molecule has 0 bridgehead atoms. The first-order valence-electron chi connectivity index (χ1n) is 0. The summed E-state index contributed by atoms with van der Waals surface area (Å²) >= 11 is 0. The molecule has 0 rings (SSSR count). The third kappa shape index (κ3) is 10.7. The van der Waals surface area contributed by atoms with Gasteiger partial charge in [-0.15, -0.1) is 12.4 Å². The maximum atomic E-state index is 0. The first-order chi connectivity index (χ1) is 0. The van der Waals surface area contributed by atoms with Crippen LogP contribution in [0, 0.1) is 0 Å². The van der Waals surface area contributed by atoms with Crippen LogP contribution >= 0.6 is 12.4 Å². The van der Waals surface area contributed by atoms with Crippen molar-refractivity contribution in [2.24, 2.45) is 0 Å². The molecule has 0 fully saturated rings. The topological polar surface area (TPSA) is 63.0 Å². The smallest absolute Gasteiger partial charge is 0 e. The summed E-state index contributed by atoms with van der Waals surface area (Å²) in [6.45, 7) is 0. The molecule has 25 valence electrons. The van der Waals surface area contributed by atoms with Crippen molar-refractivity contribution in [3.05, 3.63) is 0 Å². The third-order valence-electron chi connectivity index (χ3n) is 0. The second kappa shape index (κ2) is 29.6. The maximum absolute atomic E-state index is 0. The molecule has 0 aromatic rings. The van der Waals surface area contributed by atoms with Crippen molar-refractivity contribution in [2.75, 3.05) is 0 Å². The molecule has 0 atom stereocenters. The molecule has 0 amide bonds. The van der Waals surface area contributed by atoms with Gasteiger partial charge < -0.3 is 11.0 Å². The summed E-state index contributed by atoms with van der Waals surface area (Å²) in [4.78, 5) is 0. The van der Waals surface area contributed by atoms with Gasteiger partial charge in [-0.1, -0.05) is 0 Å². The Labute approximate surface area is 52.9 Å². The van der Waals surface area contributed by atoms with Crippen LogP contribution in [0.4, 0.5) is 0 Å². The fourth-order valence-corrected chi connectivity index (χ4v) is 0. The Morgan fingerprint density at radius 2 is 0.750 bits per heavy atom. The SMILES string of the molecule is Cl.O.O.[Na]. The van der Waals surface area contributed by atoms with Crippen LogP contribution < -0.4 is 0 Å². The largest absolute Gasteiger partial charge is 0.412 e. The van der Waals surface area contributed by atoms with Crippen LogP contribution in [0.3, 0.4) is 0 Å². The number of rotatable bonds is 0. The zero-order valence-corrected chi connectivity index (χ0v) is 5.22. The molecule has 4 heteroatoms. The van der Waals surface area contributed by atoms with Gasteiger partial charge in [0.2, 0.25) is 0 Å². The molecular weight excluding hydrogens is 90.4 g/mol. The zero-order valence-electron chi connectivity index (χ0n) is 2.41. The second-order valence-corrected chi connectivity index (χ2v) is 0. The summed E-state index contributed by atoms with van der Waals surface area (Å²) in [6, 6.07) is 0. The van der Waals surface area contributed by atoms with Gasteiger partial charge in [-0.05, 0) is 0 Å². The molecule has 0 spiro atoms. The van der Waals surface area contributed by atoms with E-state index in [2.05, 4.69) is 0 Å². The van der Waals surface area contributed by atoms with Gasteiger partial charge in [0.15, 0.2) is 0 Å². The van der Waals surface area contributed by atoms with Gasteiger partial charge >= 0.3 is 0 Å². The van der Waals surface area contributed by atoms with E-state index in [-0.39, 0.29) is 52.9 Å². The fraction of sp³-hybridized carbons (Fsp3) is 0. The van der Waals surface area contributed by atoms with Crippen LogP contribution in [-0.2, 0) is 0 Å². The molecule has 0 aromatic heterocycles. The number of halogens is 1. The van der Waals surface area contributed by atoms with Gasteiger partial charge in [0, 0.05) is 29.6 Å². The van der Waals surface area contributed by atoms with Crippen molar-refractivity contribution in [3.8, 4) is 0 Å². The Bertz CT molecular complexity index is 6.00. The van der Waals surface area contributed by atoms with Gasteiger partial charge in [-0.3, -0.25) is 0 Å². The molecule has 4 N–H and O–H groups in total. The van der Waals surface area contributed by atoms with Gasteiger partial charge in [-0.25, -0.2) is 0 Å². The van der Waals surface area contributed by atoms with Crippen molar-refractivity contribution in [3.63, 3.8) is 0 Å². The molecule has 0 unspecified atom stereocenters. The molecule has 0 aliphatic rings. The molecular formula is H5ClNaO2. The molecule has 2 nitrogen and oxygen atoms in total. The van der Waals surface area contributed by atoms with E-state index in [1.807, 2.05) is 0 Å². The average molecular weight is 95.5 g/mol. The Hall–Kier alpha value is 1.21. The summed E-state index contributed by atoms with van der Waals surface area (Å²) in [5.41, 5.74) is 0. The predicted octanol–water partition coefficient (Wildman–Crippen LogP) is -1.61. The van der Waals surface area contributed by atoms with Gasteiger partial charge in [0.05, 0.1) is 0 Å². The van der Waals surface area contributed by atoms with Crippen LogP contribution in [0.25, 0.3) is 0 Å². The molecule has 0 aliphatic carbocycles. The van der Waals surface area contributed by atoms with E-state index in [1.54, 1.807) is 0 Å². The Morgan fingerprint density at radius 3 is 0.750 bits per heavy atom. The van der Waals surface area contributed by atoms with Crippen LogP contribution in [0.15, 0.2) is 0 Å². The van der Waals surface area contributed by atoms with E-state index in [0.29, 0.717) is 0 Å². The van der Waals surface area contributed by atoms with E-state index in [0.717, 1.165) is 0 Å². The summed E-state index contributed by atoms with van der Waals surface area (Å²) in [6.07, 6.45) is 0. The molecule has 0 aliphatic heterocycles. The normalized spacial score (nSPS) is 0. The van der Waals surface area contributed by atoms with E-state index in [4.69, 9.17) is 0 Å². The summed E-state index contributed by atoms with van der Waals surface area (Å²) in [5, 5.41) is 0. The Balaban J connectivity index is 0. The molecule has 0 saturated heterocycles. The molecule has 0 aromatic carbocycles. The van der Waals surface area contributed by atoms with Crippen molar-refractivity contribution in [1.29, 1.82) is 0 Å². The Morgan fingerprint density at radius 1 is 0.750 bits per heavy atom. The fourth-order valence-electron chi connectivity index (χ4n) is 0. The average Bonchev–Trinajstić information content (AvgIpc) is 0. The minimum atomic E-state index is 0. The van der Waals surface area contributed by atoms with Crippen molar-refractivity contribution >= 4 is 42.0 Å². The second-order valence-electron chi connectivity index (χ2n) is 0. The quantitative estimate of drug-likeness (QED) is 0.325. The summed E-state index contributed by atoms with van der Waals surface area (Å²) in [5.74, 6) is 0. The summed E-state index contributed by atoms with van der Waals surface area (Å²) in [7, 11) is 0. The van der Waals surface area contributed by atoms with Crippen LogP contribution in [0.5, 0.6) is 0 Å². The Kier molecular flexibility index (Phi) is 467. The standard InChI is InChI=1S/ClH.Na.2H2O/h1H;;2*1H2. The van der Waals surface area contributed by atoms with Gasteiger partial charge in [0.1, 0.15) is 0 Å². The molecule has 4 heavy (non-hydrogen) atoms. The van der Waals surface area contributed by atoms with E-state index in [9.17, 15) is 0 Å². The monoisotopic (exact) mass is 95.0 g/mol. The van der Waals surface area contributed by atoms with Crippen molar-refractivity contribution in [2.45, 2.75) is 0 Å².